The van der Waals surface area contributed by atoms with E-state index in [2.05, 4.69) is 5.32 Å². The zero-order valence-electron chi connectivity index (χ0n) is 13.0. The van der Waals surface area contributed by atoms with E-state index in [1.165, 1.54) is 0 Å². The van der Waals surface area contributed by atoms with Crippen LogP contribution in [0.5, 0.6) is 17.2 Å². The van der Waals surface area contributed by atoms with Crippen LogP contribution in [0.3, 0.4) is 0 Å². The van der Waals surface area contributed by atoms with E-state index in [1.807, 2.05) is 6.92 Å². The summed E-state index contributed by atoms with van der Waals surface area (Å²) < 4.78 is 16.1. The molecule has 0 bridgehead atoms. The van der Waals surface area contributed by atoms with Crippen LogP contribution in [0.2, 0.25) is 5.02 Å². The molecule has 0 saturated carbocycles. The molecule has 0 aliphatic carbocycles. The molecule has 0 unspecified atom stereocenters. The SMILES string of the molecule is CCOc1ccc(NC(=O)COc2ccccc2Cl)cc1OC. The number of rotatable bonds is 7. The molecule has 2 aromatic rings. The average Bonchev–Trinajstić information content (AvgIpc) is 2.55. The third-order valence-electron chi connectivity index (χ3n) is 2.94. The first-order valence-corrected chi connectivity index (χ1v) is 7.50. The zero-order valence-corrected chi connectivity index (χ0v) is 13.7. The molecule has 2 rings (SSSR count). The van der Waals surface area contributed by atoms with Gasteiger partial charge >= 0.3 is 0 Å². The number of hydrogen-bond acceptors (Lipinski definition) is 4. The summed E-state index contributed by atoms with van der Waals surface area (Å²) in [6, 6.07) is 12.2. The van der Waals surface area contributed by atoms with Gasteiger partial charge in [0.25, 0.3) is 5.91 Å². The third-order valence-corrected chi connectivity index (χ3v) is 3.25. The fraction of sp³-hybridized carbons (Fsp3) is 0.235. The molecule has 23 heavy (non-hydrogen) atoms. The maximum absolute atomic E-state index is 12.0. The van der Waals surface area contributed by atoms with E-state index in [9.17, 15) is 4.79 Å². The van der Waals surface area contributed by atoms with Gasteiger partial charge < -0.3 is 19.5 Å². The summed E-state index contributed by atoms with van der Waals surface area (Å²) >= 11 is 5.97. The first kappa shape index (κ1) is 17.0. The lowest BCUT2D eigenvalue weighted by molar-refractivity contribution is -0.118. The normalized spacial score (nSPS) is 10.0. The van der Waals surface area contributed by atoms with Crippen molar-refractivity contribution in [1.82, 2.24) is 0 Å². The van der Waals surface area contributed by atoms with Gasteiger partial charge in [0, 0.05) is 11.8 Å². The van der Waals surface area contributed by atoms with E-state index in [0.29, 0.717) is 34.6 Å². The Morgan fingerprint density at radius 3 is 2.57 bits per heavy atom. The van der Waals surface area contributed by atoms with E-state index in [0.717, 1.165) is 0 Å². The molecule has 1 amide bonds. The van der Waals surface area contributed by atoms with Gasteiger partial charge in [0.05, 0.1) is 18.7 Å². The van der Waals surface area contributed by atoms with Crippen LogP contribution >= 0.6 is 11.6 Å². The van der Waals surface area contributed by atoms with Crippen LogP contribution in [0, 0.1) is 0 Å². The molecule has 122 valence electrons. The number of para-hydroxylation sites is 1. The molecule has 5 nitrogen and oxygen atoms in total. The van der Waals surface area contributed by atoms with E-state index >= 15 is 0 Å². The lowest BCUT2D eigenvalue weighted by Gasteiger charge is -2.12. The van der Waals surface area contributed by atoms with Crippen molar-refractivity contribution < 1.29 is 19.0 Å². The zero-order chi connectivity index (χ0) is 16.7. The molecule has 0 spiro atoms. The molecule has 0 fully saturated rings. The number of nitrogens with one attached hydrogen (secondary N) is 1. The molecule has 0 saturated heterocycles. The number of benzene rings is 2. The number of halogens is 1. The van der Waals surface area contributed by atoms with Gasteiger partial charge in [-0.15, -0.1) is 0 Å². The van der Waals surface area contributed by atoms with Crippen molar-refractivity contribution in [2.75, 3.05) is 25.6 Å². The highest BCUT2D eigenvalue weighted by molar-refractivity contribution is 6.32. The maximum Gasteiger partial charge on any atom is 0.262 e. The number of hydrogen-bond donors (Lipinski definition) is 1. The second-order valence-electron chi connectivity index (χ2n) is 4.57. The van der Waals surface area contributed by atoms with E-state index in [-0.39, 0.29) is 12.5 Å². The Hall–Kier alpha value is -2.40. The van der Waals surface area contributed by atoms with Crippen LogP contribution in [-0.2, 0) is 4.79 Å². The van der Waals surface area contributed by atoms with Gasteiger partial charge in [-0.05, 0) is 31.2 Å². The molecule has 0 atom stereocenters. The summed E-state index contributed by atoms with van der Waals surface area (Å²) in [6.45, 7) is 2.29. The Morgan fingerprint density at radius 2 is 1.87 bits per heavy atom. The molecule has 6 heteroatoms. The van der Waals surface area contributed by atoms with Crippen molar-refractivity contribution in [2.45, 2.75) is 6.92 Å². The van der Waals surface area contributed by atoms with Crippen molar-refractivity contribution >= 4 is 23.2 Å². The smallest absolute Gasteiger partial charge is 0.262 e. The summed E-state index contributed by atoms with van der Waals surface area (Å²) in [5.41, 5.74) is 0.595. The topological polar surface area (TPSA) is 56.8 Å². The number of anilines is 1. The molecular weight excluding hydrogens is 318 g/mol. The second kappa shape index (κ2) is 8.29. The summed E-state index contributed by atoms with van der Waals surface area (Å²) in [5, 5.41) is 3.19. The van der Waals surface area contributed by atoms with Crippen LogP contribution in [0.25, 0.3) is 0 Å². The predicted octanol–water partition coefficient (Wildman–Crippen LogP) is 3.76. The van der Waals surface area contributed by atoms with Crippen molar-refractivity contribution in [3.05, 3.63) is 47.5 Å². The number of carbonyl (C=O) groups excluding carboxylic acids is 1. The van der Waals surface area contributed by atoms with E-state index in [1.54, 1.807) is 49.6 Å². The quantitative estimate of drug-likeness (QED) is 0.837. The predicted molar refractivity (Wildman–Crippen MR) is 89.7 cm³/mol. The fourth-order valence-electron chi connectivity index (χ4n) is 1.92. The van der Waals surface area contributed by atoms with Crippen LogP contribution in [-0.4, -0.2) is 26.2 Å². The minimum atomic E-state index is -0.295. The Bertz CT molecular complexity index is 675. The van der Waals surface area contributed by atoms with Crippen LogP contribution < -0.4 is 19.5 Å². The Kier molecular flexibility index (Phi) is 6.11. The number of carbonyl (C=O) groups is 1. The molecule has 0 aliphatic rings. The molecule has 2 aromatic carbocycles. The highest BCUT2D eigenvalue weighted by Crippen LogP contribution is 2.30. The number of ether oxygens (including phenoxy) is 3. The molecule has 0 aromatic heterocycles. The fourth-order valence-corrected chi connectivity index (χ4v) is 2.11. The van der Waals surface area contributed by atoms with Crippen LogP contribution in [0.15, 0.2) is 42.5 Å². The highest BCUT2D eigenvalue weighted by Gasteiger charge is 2.09. The van der Waals surface area contributed by atoms with Gasteiger partial charge in [-0.2, -0.15) is 0 Å². The first-order valence-electron chi connectivity index (χ1n) is 7.12. The minimum absolute atomic E-state index is 0.140. The third kappa shape index (κ3) is 4.79. The van der Waals surface area contributed by atoms with Gasteiger partial charge in [-0.1, -0.05) is 23.7 Å². The average molecular weight is 336 g/mol. The molecular formula is C17H18ClNO4. The van der Waals surface area contributed by atoms with Crippen molar-refractivity contribution in [2.24, 2.45) is 0 Å². The molecule has 1 N–H and O–H groups in total. The van der Waals surface area contributed by atoms with Gasteiger partial charge in [-0.25, -0.2) is 0 Å². The minimum Gasteiger partial charge on any atom is -0.493 e. The van der Waals surface area contributed by atoms with Crippen LogP contribution in [0.1, 0.15) is 6.92 Å². The van der Waals surface area contributed by atoms with E-state index < -0.39 is 0 Å². The lowest BCUT2D eigenvalue weighted by atomic mass is 10.2. The Morgan fingerprint density at radius 1 is 1.09 bits per heavy atom. The van der Waals surface area contributed by atoms with E-state index in [4.69, 9.17) is 25.8 Å². The second-order valence-corrected chi connectivity index (χ2v) is 4.97. The van der Waals surface area contributed by atoms with Crippen molar-refractivity contribution in [3.63, 3.8) is 0 Å². The number of amides is 1. The highest BCUT2D eigenvalue weighted by atomic mass is 35.5. The van der Waals surface area contributed by atoms with Gasteiger partial charge in [0.1, 0.15) is 5.75 Å². The van der Waals surface area contributed by atoms with Gasteiger partial charge in [0.2, 0.25) is 0 Å². The van der Waals surface area contributed by atoms with Crippen molar-refractivity contribution in [1.29, 1.82) is 0 Å². The molecule has 0 heterocycles. The summed E-state index contributed by atoms with van der Waals surface area (Å²) in [5.74, 6) is 1.35. The summed E-state index contributed by atoms with van der Waals surface area (Å²) in [7, 11) is 1.55. The van der Waals surface area contributed by atoms with Crippen LogP contribution in [0.4, 0.5) is 5.69 Å². The molecule has 0 radical (unpaired) electrons. The monoisotopic (exact) mass is 335 g/mol. The van der Waals surface area contributed by atoms with Gasteiger partial charge in [-0.3, -0.25) is 4.79 Å². The lowest BCUT2D eigenvalue weighted by Crippen LogP contribution is -2.20. The largest absolute Gasteiger partial charge is 0.493 e. The maximum atomic E-state index is 12.0. The standard InChI is InChI=1S/C17H18ClNO4/c1-3-22-15-9-8-12(10-16(15)21-2)19-17(20)11-23-14-7-5-4-6-13(14)18/h4-10H,3,11H2,1-2H3,(H,19,20). The first-order chi connectivity index (χ1) is 11.1. The Balaban J connectivity index is 1.96. The Labute approximate surface area is 140 Å². The summed E-state index contributed by atoms with van der Waals surface area (Å²) in [4.78, 5) is 12.0. The summed E-state index contributed by atoms with van der Waals surface area (Å²) in [6.07, 6.45) is 0. The van der Waals surface area contributed by atoms with Crippen molar-refractivity contribution in [3.8, 4) is 17.2 Å². The number of methoxy groups -OCH3 is 1. The molecule has 0 aliphatic heterocycles. The van der Waals surface area contributed by atoms with Gasteiger partial charge in [0.15, 0.2) is 18.1 Å².